The van der Waals surface area contributed by atoms with Gasteiger partial charge in [0, 0.05) is 24.9 Å². The topological polar surface area (TPSA) is 66.0 Å². The minimum absolute atomic E-state index is 0.168. The maximum atomic E-state index is 12.5. The van der Waals surface area contributed by atoms with E-state index in [0.717, 1.165) is 0 Å². The van der Waals surface area contributed by atoms with E-state index in [4.69, 9.17) is 4.74 Å². The fourth-order valence-electron chi connectivity index (χ4n) is 1.72. The summed E-state index contributed by atoms with van der Waals surface area (Å²) >= 11 is 0. The van der Waals surface area contributed by atoms with E-state index in [1.165, 1.54) is 6.07 Å². The van der Waals surface area contributed by atoms with E-state index < -0.39 is 12.1 Å². The first-order chi connectivity index (χ1) is 10.4. The van der Waals surface area contributed by atoms with Gasteiger partial charge < -0.3 is 9.26 Å². The predicted molar refractivity (Wildman–Crippen MR) is 68.0 cm³/mol. The first kappa shape index (κ1) is 14.1. The third-order valence-electron chi connectivity index (χ3n) is 2.67. The molecule has 1 aromatic carbocycles. The van der Waals surface area contributed by atoms with Crippen LogP contribution in [0.15, 0.2) is 41.1 Å². The molecule has 114 valence electrons. The van der Waals surface area contributed by atoms with Gasteiger partial charge in [-0.2, -0.15) is 18.2 Å². The lowest BCUT2D eigenvalue weighted by molar-refractivity contribution is -0.159. The van der Waals surface area contributed by atoms with Crippen molar-refractivity contribution < 1.29 is 22.4 Å². The normalized spacial score (nSPS) is 11.6. The Hall–Kier alpha value is -2.84. The van der Waals surface area contributed by atoms with Crippen LogP contribution in [0.1, 0.15) is 5.89 Å². The number of aryl methyl sites for hydroxylation is 1. The molecule has 3 aromatic rings. The van der Waals surface area contributed by atoms with Crippen LogP contribution in [-0.4, -0.2) is 19.9 Å². The third kappa shape index (κ3) is 2.92. The molecule has 2 aromatic heterocycles. The number of hydrogen-bond acceptors (Lipinski definition) is 5. The summed E-state index contributed by atoms with van der Waals surface area (Å²) in [6.45, 7) is 0. The zero-order valence-corrected chi connectivity index (χ0v) is 11.2. The minimum atomic E-state index is -4.67. The fraction of sp³-hybridized carbons (Fsp3) is 0.154. The Kier molecular flexibility index (Phi) is 3.32. The quantitative estimate of drug-likeness (QED) is 0.742. The van der Waals surface area contributed by atoms with Gasteiger partial charge in [0.05, 0.1) is 0 Å². The summed E-state index contributed by atoms with van der Waals surface area (Å²) in [5.74, 6) is -0.796. The van der Waals surface area contributed by atoms with E-state index in [-0.39, 0.29) is 5.82 Å². The van der Waals surface area contributed by atoms with Gasteiger partial charge in [-0.1, -0.05) is 17.3 Å². The number of nitrogens with zero attached hydrogens (tertiary/aromatic N) is 4. The van der Waals surface area contributed by atoms with E-state index in [9.17, 15) is 13.2 Å². The lowest BCUT2D eigenvalue weighted by Gasteiger charge is -2.03. The van der Waals surface area contributed by atoms with Gasteiger partial charge in [-0.25, -0.2) is 0 Å². The molecule has 0 aliphatic heterocycles. The first-order valence-electron chi connectivity index (χ1n) is 6.11. The Labute approximate surface area is 122 Å². The van der Waals surface area contributed by atoms with Crippen LogP contribution in [-0.2, 0) is 13.2 Å². The molecule has 0 unspecified atom stereocenters. The zero-order valence-electron chi connectivity index (χ0n) is 11.2. The average Bonchev–Trinajstić information content (AvgIpc) is 3.08. The van der Waals surface area contributed by atoms with E-state index >= 15 is 0 Å². The Morgan fingerprint density at radius 2 is 2.05 bits per heavy atom. The Balaban J connectivity index is 1.86. The number of ether oxygens (including phenoxy) is 1. The molecule has 0 aliphatic carbocycles. The second-order valence-electron chi connectivity index (χ2n) is 4.38. The molecule has 0 saturated heterocycles. The number of rotatable bonds is 3. The van der Waals surface area contributed by atoms with Crippen molar-refractivity contribution in [1.82, 2.24) is 19.9 Å². The van der Waals surface area contributed by atoms with Crippen molar-refractivity contribution in [2.75, 3.05) is 0 Å². The summed E-state index contributed by atoms with van der Waals surface area (Å²) in [4.78, 5) is 3.33. The van der Waals surface area contributed by atoms with Gasteiger partial charge >= 0.3 is 12.1 Å². The molecule has 0 saturated carbocycles. The standard InChI is InChI=1S/C13H9F3N4O2/c1-20-6-5-10(18-20)21-9-4-2-3-8(7-9)11-17-12(22-19-11)13(14,15)16/h2-7H,1H3. The molecule has 22 heavy (non-hydrogen) atoms. The van der Waals surface area contributed by atoms with Crippen molar-refractivity contribution in [3.63, 3.8) is 0 Å². The second kappa shape index (κ2) is 5.17. The lowest BCUT2D eigenvalue weighted by atomic mass is 10.2. The molecule has 6 nitrogen and oxygen atoms in total. The van der Waals surface area contributed by atoms with Gasteiger partial charge in [-0.15, -0.1) is 5.10 Å². The van der Waals surface area contributed by atoms with Gasteiger partial charge in [0.1, 0.15) is 5.75 Å². The number of aromatic nitrogens is 4. The van der Waals surface area contributed by atoms with Gasteiger partial charge in [0.2, 0.25) is 11.7 Å². The van der Waals surface area contributed by atoms with Crippen molar-refractivity contribution in [3.05, 3.63) is 42.4 Å². The van der Waals surface area contributed by atoms with Crippen molar-refractivity contribution in [2.24, 2.45) is 7.05 Å². The molecule has 0 amide bonds. The van der Waals surface area contributed by atoms with Crippen LogP contribution in [0, 0.1) is 0 Å². The molecule has 2 heterocycles. The first-order valence-corrected chi connectivity index (χ1v) is 6.11. The van der Waals surface area contributed by atoms with Crippen LogP contribution in [0.25, 0.3) is 11.4 Å². The number of benzene rings is 1. The summed E-state index contributed by atoms with van der Waals surface area (Å²) in [7, 11) is 1.74. The highest BCUT2D eigenvalue weighted by molar-refractivity contribution is 5.57. The maximum Gasteiger partial charge on any atom is 0.471 e. The molecule has 0 atom stereocenters. The van der Waals surface area contributed by atoms with Crippen molar-refractivity contribution in [2.45, 2.75) is 6.18 Å². The van der Waals surface area contributed by atoms with E-state index in [2.05, 4.69) is 19.8 Å². The Morgan fingerprint density at radius 1 is 1.23 bits per heavy atom. The van der Waals surface area contributed by atoms with E-state index in [0.29, 0.717) is 17.2 Å². The number of alkyl halides is 3. The van der Waals surface area contributed by atoms with E-state index in [1.54, 1.807) is 42.2 Å². The summed E-state index contributed by atoms with van der Waals surface area (Å²) in [5, 5.41) is 7.36. The SMILES string of the molecule is Cn1ccc(Oc2cccc(-c3noc(C(F)(F)F)n3)c2)n1. The fourth-order valence-corrected chi connectivity index (χ4v) is 1.72. The summed E-state index contributed by atoms with van der Waals surface area (Å²) < 4.78 is 48.6. The van der Waals surface area contributed by atoms with Crippen LogP contribution in [0.2, 0.25) is 0 Å². The molecule has 9 heteroatoms. The zero-order chi connectivity index (χ0) is 15.7. The van der Waals surface area contributed by atoms with Crippen LogP contribution in [0.4, 0.5) is 13.2 Å². The van der Waals surface area contributed by atoms with Crippen LogP contribution >= 0.6 is 0 Å². The minimum Gasteiger partial charge on any atom is -0.438 e. The molecule has 3 rings (SSSR count). The van der Waals surface area contributed by atoms with Crippen LogP contribution in [0.5, 0.6) is 11.6 Å². The molecule has 0 bridgehead atoms. The van der Waals surface area contributed by atoms with Crippen LogP contribution < -0.4 is 4.74 Å². The van der Waals surface area contributed by atoms with Crippen LogP contribution in [0.3, 0.4) is 0 Å². The van der Waals surface area contributed by atoms with Gasteiger partial charge in [0.25, 0.3) is 0 Å². The van der Waals surface area contributed by atoms with Crippen molar-refractivity contribution in [3.8, 4) is 23.0 Å². The highest BCUT2D eigenvalue weighted by Crippen LogP contribution is 2.30. The number of hydrogen-bond donors (Lipinski definition) is 0. The highest BCUT2D eigenvalue weighted by atomic mass is 19.4. The molecule has 0 radical (unpaired) electrons. The average molecular weight is 310 g/mol. The molecule has 0 fully saturated rings. The lowest BCUT2D eigenvalue weighted by Crippen LogP contribution is -2.04. The Morgan fingerprint density at radius 3 is 2.68 bits per heavy atom. The van der Waals surface area contributed by atoms with Gasteiger partial charge in [-0.3, -0.25) is 4.68 Å². The molecular weight excluding hydrogens is 301 g/mol. The molecule has 0 spiro atoms. The van der Waals surface area contributed by atoms with Crippen molar-refractivity contribution in [1.29, 1.82) is 0 Å². The maximum absolute atomic E-state index is 12.5. The molecule has 0 N–H and O–H groups in total. The van der Waals surface area contributed by atoms with Gasteiger partial charge in [0.15, 0.2) is 0 Å². The molecule has 0 aliphatic rings. The predicted octanol–water partition coefficient (Wildman–Crippen LogP) is 3.28. The smallest absolute Gasteiger partial charge is 0.438 e. The van der Waals surface area contributed by atoms with E-state index in [1.807, 2.05) is 0 Å². The summed E-state index contributed by atoms with van der Waals surface area (Å²) in [5.41, 5.74) is 0.340. The summed E-state index contributed by atoms with van der Waals surface area (Å²) in [6.07, 6.45) is -2.97. The second-order valence-corrected chi connectivity index (χ2v) is 4.38. The van der Waals surface area contributed by atoms with Gasteiger partial charge in [-0.05, 0) is 12.1 Å². The third-order valence-corrected chi connectivity index (χ3v) is 2.67. The Bertz CT molecular complexity index is 794. The summed E-state index contributed by atoms with van der Waals surface area (Å²) in [6, 6.07) is 7.96. The largest absolute Gasteiger partial charge is 0.471 e. The number of halogens is 3. The highest BCUT2D eigenvalue weighted by Gasteiger charge is 2.38. The molecular formula is C13H9F3N4O2. The van der Waals surface area contributed by atoms with Crippen molar-refractivity contribution >= 4 is 0 Å². The monoisotopic (exact) mass is 310 g/mol.